The van der Waals surface area contributed by atoms with Gasteiger partial charge in [-0.3, -0.25) is 0 Å². The number of thioether (sulfide) groups is 1. The molecular weight excluding hydrogens is 276 g/mol. The summed E-state index contributed by atoms with van der Waals surface area (Å²) in [4.78, 5) is 0.893. The summed E-state index contributed by atoms with van der Waals surface area (Å²) in [6.45, 7) is 0.389. The summed E-state index contributed by atoms with van der Waals surface area (Å²) in [5, 5.41) is 0. The highest BCUT2D eigenvalue weighted by Gasteiger charge is 2.23. The monoisotopic (exact) mass is 292 g/mol. The standard InChI is InChI=1S/C10H16N2O2S3/c11-7-9-1-2-10(16-9)17(13,14)12-8-3-5-15-6-4-8/h1-2,8,12H,3-7,11H2. The highest BCUT2D eigenvalue weighted by atomic mass is 32.2. The average molecular weight is 292 g/mol. The van der Waals surface area contributed by atoms with Gasteiger partial charge in [-0.1, -0.05) is 0 Å². The third kappa shape index (κ3) is 3.45. The highest BCUT2D eigenvalue weighted by Crippen LogP contribution is 2.23. The molecular formula is C10H16N2O2S3. The van der Waals surface area contributed by atoms with E-state index in [9.17, 15) is 8.42 Å². The largest absolute Gasteiger partial charge is 0.326 e. The van der Waals surface area contributed by atoms with Gasteiger partial charge < -0.3 is 5.73 Å². The lowest BCUT2D eigenvalue weighted by Gasteiger charge is -2.21. The lowest BCUT2D eigenvalue weighted by atomic mass is 10.2. The first-order chi connectivity index (χ1) is 8.12. The van der Waals surface area contributed by atoms with Crippen molar-refractivity contribution in [3.05, 3.63) is 17.0 Å². The van der Waals surface area contributed by atoms with E-state index in [1.165, 1.54) is 11.3 Å². The number of rotatable bonds is 4. The zero-order valence-electron chi connectivity index (χ0n) is 9.39. The van der Waals surface area contributed by atoms with Crippen molar-refractivity contribution in [2.75, 3.05) is 11.5 Å². The molecule has 0 atom stereocenters. The Balaban J connectivity index is 2.07. The molecule has 3 N–H and O–H groups in total. The van der Waals surface area contributed by atoms with Gasteiger partial charge in [0.25, 0.3) is 0 Å². The molecule has 0 saturated carbocycles. The van der Waals surface area contributed by atoms with Crippen molar-refractivity contribution in [3.8, 4) is 0 Å². The minimum Gasteiger partial charge on any atom is -0.326 e. The van der Waals surface area contributed by atoms with Crippen molar-refractivity contribution in [3.63, 3.8) is 0 Å². The van der Waals surface area contributed by atoms with E-state index >= 15 is 0 Å². The second-order valence-corrected chi connectivity index (χ2v) is 8.27. The molecule has 1 aliphatic rings. The van der Waals surface area contributed by atoms with Crippen molar-refractivity contribution in [2.45, 2.75) is 29.6 Å². The van der Waals surface area contributed by atoms with Gasteiger partial charge in [-0.25, -0.2) is 13.1 Å². The zero-order valence-corrected chi connectivity index (χ0v) is 11.8. The molecule has 1 saturated heterocycles. The molecule has 4 nitrogen and oxygen atoms in total. The Kier molecular flexibility index (Phi) is 4.48. The topological polar surface area (TPSA) is 72.2 Å². The maximum Gasteiger partial charge on any atom is 0.250 e. The van der Waals surface area contributed by atoms with Gasteiger partial charge in [0.15, 0.2) is 0 Å². The van der Waals surface area contributed by atoms with E-state index in [4.69, 9.17) is 5.73 Å². The molecule has 0 amide bonds. The smallest absolute Gasteiger partial charge is 0.250 e. The minimum atomic E-state index is -3.35. The van der Waals surface area contributed by atoms with E-state index in [2.05, 4.69) is 4.72 Å². The molecule has 0 aromatic carbocycles. The second kappa shape index (κ2) is 5.71. The van der Waals surface area contributed by atoms with E-state index in [1.807, 2.05) is 11.8 Å². The van der Waals surface area contributed by atoms with Crippen molar-refractivity contribution in [1.82, 2.24) is 4.72 Å². The predicted molar refractivity (Wildman–Crippen MR) is 72.9 cm³/mol. The number of nitrogens with two attached hydrogens (primary N) is 1. The van der Waals surface area contributed by atoms with Gasteiger partial charge in [-0.15, -0.1) is 11.3 Å². The average Bonchev–Trinajstić information content (AvgIpc) is 2.79. The van der Waals surface area contributed by atoms with Crippen LogP contribution in [0.1, 0.15) is 17.7 Å². The Hall–Kier alpha value is -0.0800. The van der Waals surface area contributed by atoms with E-state index < -0.39 is 10.0 Å². The summed E-state index contributed by atoms with van der Waals surface area (Å²) in [7, 11) is -3.35. The molecule has 1 aromatic rings. The fourth-order valence-electron chi connectivity index (χ4n) is 1.71. The SMILES string of the molecule is NCc1ccc(S(=O)(=O)NC2CCSCC2)s1. The molecule has 17 heavy (non-hydrogen) atoms. The van der Waals surface area contributed by atoms with Gasteiger partial charge in [-0.05, 0) is 36.5 Å². The molecule has 0 radical (unpaired) electrons. The number of hydrogen-bond donors (Lipinski definition) is 2. The van der Waals surface area contributed by atoms with Gasteiger partial charge in [0.2, 0.25) is 10.0 Å². The fraction of sp³-hybridized carbons (Fsp3) is 0.600. The molecule has 0 bridgehead atoms. The van der Waals surface area contributed by atoms with Crippen molar-refractivity contribution in [2.24, 2.45) is 5.73 Å². The van der Waals surface area contributed by atoms with E-state index in [0.29, 0.717) is 10.8 Å². The quantitative estimate of drug-likeness (QED) is 0.879. The van der Waals surface area contributed by atoms with Gasteiger partial charge in [0.1, 0.15) is 4.21 Å². The van der Waals surface area contributed by atoms with Gasteiger partial charge in [0, 0.05) is 17.5 Å². The minimum absolute atomic E-state index is 0.0877. The second-order valence-electron chi connectivity index (χ2n) is 3.93. The van der Waals surface area contributed by atoms with Crippen molar-refractivity contribution < 1.29 is 8.42 Å². The summed E-state index contributed by atoms with van der Waals surface area (Å²) in [5.74, 6) is 2.07. The summed E-state index contributed by atoms with van der Waals surface area (Å²) < 4.78 is 27.3. The molecule has 1 fully saturated rings. The Bertz CT molecular complexity index is 464. The van der Waals surface area contributed by atoms with E-state index in [0.717, 1.165) is 29.2 Å². The van der Waals surface area contributed by atoms with E-state index in [1.54, 1.807) is 12.1 Å². The van der Waals surface area contributed by atoms with Crippen LogP contribution >= 0.6 is 23.1 Å². The molecule has 2 rings (SSSR count). The van der Waals surface area contributed by atoms with Gasteiger partial charge in [-0.2, -0.15) is 11.8 Å². The first-order valence-corrected chi connectivity index (χ1v) is 8.96. The lowest BCUT2D eigenvalue weighted by Crippen LogP contribution is -2.36. The maximum absolute atomic E-state index is 12.1. The summed E-state index contributed by atoms with van der Waals surface area (Å²) >= 11 is 3.13. The van der Waals surface area contributed by atoms with Crippen LogP contribution in [0.4, 0.5) is 0 Å². The first-order valence-electron chi connectivity index (χ1n) is 5.50. The highest BCUT2D eigenvalue weighted by molar-refractivity contribution is 7.99. The maximum atomic E-state index is 12.1. The third-order valence-corrected chi connectivity index (χ3v) is 6.81. The summed E-state index contributed by atoms with van der Waals surface area (Å²) in [5.41, 5.74) is 5.48. The third-order valence-electron chi connectivity index (χ3n) is 2.65. The van der Waals surface area contributed by atoms with Gasteiger partial charge >= 0.3 is 0 Å². The van der Waals surface area contributed by atoms with Crippen LogP contribution < -0.4 is 10.5 Å². The van der Waals surface area contributed by atoms with Crippen molar-refractivity contribution in [1.29, 1.82) is 0 Å². The van der Waals surface area contributed by atoms with Crippen LogP contribution in [-0.2, 0) is 16.6 Å². The Morgan fingerprint density at radius 3 is 2.65 bits per heavy atom. The predicted octanol–water partition coefficient (Wildman–Crippen LogP) is 1.38. The van der Waals surface area contributed by atoms with Crippen molar-refractivity contribution >= 4 is 33.1 Å². The number of nitrogens with one attached hydrogen (secondary N) is 1. The molecule has 7 heteroatoms. The molecule has 0 spiro atoms. The van der Waals surface area contributed by atoms with Crippen LogP contribution in [0.3, 0.4) is 0 Å². The fourth-order valence-corrected chi connectivity index (χ4v) is 5.37. The Morgan fingerprint density at radius 1 is 1.35 bits per heavy atom. The van der Waals surface area contributed by atoms with Crippen LogP contribution in [-0.4, -0.2) is 26.0 Å². The van der Waals surface area contributed by atoms with Crippen LogP contribution in [0.5, 0.6) is 0 Å². The Morgan fingerprint density at radius 2 is 2.06 bits per heavy atom. The number of hydrogen-bond acceptors (Lipinski definition) is 5. The number of thiophene rings is 1. The van der Waals surface area contributed by atoms with Crippen LogP contribution in [0.2, 0.25) is 0 Å². The van der Waals surface area contributed by atoms with Gasteiger partial charge in [0.05, 0.1) is 0 Å². The van der Waals surface area contributed by atoms with E-state index in [-0.39, 0.29) is 6.04 Å². The molecule has 0 unspecified atom stereocenters. The number of sulfonamides is 1. The van der Waals surface area contributed by atoms with Crippen LogP contribution in [0.15, 0.2) is 16.3 Å². The normalized spacial score (nSPS) is 18.4. The first kappa shape index (κ1) is 13.4. The van der Waals surface area contributed by atoms with Crippen LogP contribution in [0.25, 0.3) is 0 Å². The molecule has 1 aromatic heterocycles. The lowest BCUT2D eigenvalue weighted by molar-refractivity contribution is 0.530. The zero-order chi connectivity index (χ0) is 12.3. The summed E-state index contributed by atoms with van der Waals surface area (Å²) in [6.07, 6.45) is 1.83. The summed E-state index contributed by atoms with van der Waals surface area (Å²) in [6, 6.07) is 3.49. The molecule has 96 valence electrons. The van der Waals surface area contributed by atoms with Crippen LogP contribution in [0, 0.1) is 0 Å². The molecule has 1 aliphatic heterocycles. The molecule has 0 aliphatic carbocycles. The molecule has 2 heterocycles. The Labute approximate surface area is 110 Å².